The van der Waals surface area contributed by atoms with Gasteiger partial charge in [0.25, 0.3) is 0 Å². The van der Waals surface area contributed by atoms with Gasteiger partial charge in [0, 0.05) is 0 Å². The molecule has 4 heteroatoms. The van der Waals surface area contributed by atoms with Gasteiger partial charge in [-0.2, -0.15) is 4.68 Å². The molecule has 0 radical (unpaired) electrons. The van der Waals surface area contributed by atoms with Gasteiger partial charge in [0.15, 0.2) is 0 Å². The molecule has 0 unspecified atom stereocenters. The van der Waals surface area contributed by atoms with Crippen molar-refractivity contribution in [2.24, 2.45) is 7.05 Å². The van der Waals surface area contributed by atoms with E-state index in [1.807, 2.05) is 19.2 Å². The topological polar surface area (TPSA) is 44.8 Å². The van der Waals surface area contributed by atoms with Crippen LogP contribution >= 0.6 is 0 Å². The molecule has 0 aliphatic heterocycles. The molecule has 0 amide bonds. The van der Waals surface area contributed by atoms with Gasteiger partial charge in [0.2, 0.25) is 0 Å². The van der Waals surface area contributed by atoms with E-state index in [0.29, 0.717) is 5.65 Å². The van der Waals surface area contributed by atoms with E-state index >= 15 is 0 Å². The lowest BCUT2D eigenvalue weighted by atomic mass is 10.3. The third-order valence-corrected chi connectivity index (χ3v) is 1.75. The summed E-state index contributed by atoms with van der Waals surface area (Å²) in [6.45, 7) is 1.89. The highest BCUT2D eigenvalue weighted by Crippen LogP contribution is 2.08. The largest absolute Gasteiger partial charge is 0.710 e. The van der Waals surface area contributed by atoms with Crippen molar-refractivity contribution in [3.05, 3.63) is 29.2 Å². The Bertz CT molecular complexity index is 433. The third kappa shape index (κ3) is 0.922. The molecule has 0 fully saturated rings. The molecule has 4 nitrogen and oxygen atoms in total. The summed E-state index contributed by atoms with van der Waals surface area (Å²) in [6.07, 6.45) is 3.35. The third-order valence-electron chi connectivity index (χ3n) is 1.75. The molecule has 2 heterocycles. The standard InChI is InChI=1S/C8H9N3O/c1-6-3-7-5-10(2)9-8(7)11(12)4-6/h3-5H,1-2H3. The summed E-state index contributed by atoms with van der Waals surface area (Å²) in [4.78, 5) is 0. The van der Waals surface area contributed by atoms with Crippen LogP contribution in [-0.4, -0.2) is 9.78 Å². The van der Waals surface area contributed by atoms with E-state index in [1.165, 1.54) is 6.20 Å². The number of nitrogens with zero attached hydrogens (tertiary/aromatic N) is 3. The second-order valence-electron chi connectivity index (χ2n) is 2.92. The lowest BCUT2D eigenvalue weighted by Crippen LogP contribution is -2.27. The number of pyridine rings is 1. The monoisotopic (exact) mass is 163 g/mol. The molecule has 62 valence electrons. The Morgan fingerprint density at radius 2 is 2.33 bits per heavy atom. The minimum atomic E-state index is 0.475. The fourth-order valence-electron chi connectivity index (χ4n) is 1.30. The van der Waals surface area contributed by atoms with Gasteiger partial charge < -0.3 is 5.21 Å². The lowest BCUT2D eigenvalue weighted by molar-refractivity contribution is -0.579. The molecule has 12 heavy (non-hydrogen) atoms. The predicted molar refractivity (Wildman–Crippen MR) is 44.4 cm³/mol. The predicted octanol–water partition coefficient (Wildman–Crippen LogP) is 0.515. The second-order valence-corrected chi connectivity index (χ2v) is 2.92. The van der Waals surface area contributed by atoms with E-state index in [4.69, 9.17) is 0 Å². The fourth-order valence-corrected chi connectivity index (χ4v) is 1.30. The number of aryl methyl sites for hydroxylation is 2. The van der Waals surface area contributed by atoms with Crippen LogP contribution in [0.25, 0.3) is 11.0 Å². The van der Waals surface area contributed by atoms with Crippen molar-refractivity contribution in [2.45, 2.75) is 6.92 Å². The van der Waals surface area contributed by atoms with Crippen molar-refractivity contribution in [3.8, 4) is 0 Å². The SMILES string of the molecule is Cc1cc2cn(C)nc2[n+]([O-])c1. The van der Waals surface area contributed by atoms with E-state index in [0.717, 1.165) is 15.7 Å². The Kier molecular flexibility index (Phi) is 1.30. The Labute approximate surface area is 69.6 Å². The highest BCUT2D eigenvalue weighted by atomic mass is 16.5. The number of hydrogen-bond acceptors (Lipinski definition) is 2. The maximum Gasteiger partial charge on any atom is 0.360 e. The van der Waals surface area contributed by atoms with Crippen LogP contribution in [0, 0.1) is 12.1 Å². The normalized spacial score (nSPS) is 10.8. The number of rotatable bonds is 0. The van der Waals surface area contributed by atoms with Gasteiger partial charge >= 0.3 is 5.65 Å². The molecule has 0 aliphatic carbocycles. The van der Waals surface area contributed by atoms with E-state index < -0.39 is 0 Å². The molecule has 0 saturated carbocycles. The van der Waals surface area contributed by atoms with Gasteiger partial charge in [-0.15, -0.1) is 0 Å². The average molecular weight is 163 g/mol. The first-order chi connectivity index (χ1) is 5.66. The molecule has 2 rings (SSSR count). The van der Waals surface area contributed by atoms with Gasteiger partial charge in [0.1, 0.15) is 0 Å². The Hall–Kier alpha value is -1.58. The summed E-state index contributed by atoms with van der Waals surface area (Å²) in [5.74, 6) is 0. The summed E-state index contributed by atoms with van der Waals surface area (Å²) < 4.78 is 2.43. The van der Waals surface area contributed by atoms with Crippen LogP contribution in [0.5, 0.6) is 0 Å². The van der Waals surface area contributed by atoms with Crippen LogP contribution in [0.2, 0.25) is 0 Å². The number of aromatic nitrogens is 3. The van der Waals surface area contributed by atoms with Crippen molar-refractivity contribution < 1.29 is 4.73 Å². The minimum Gasteiger partial charge on any atom is -0.710 e. The van der Waals surface area contributed by atoms with Gasteiger partial charge in [-0.3, -0.25) is 0 Å². The lowest BCUT2D eigenvalue weighted by Gasteiger charge is -2.00. The maximum absolute atomic E-state index is 11.3. The van der Waals surface area contributed by atoms with Crippen molar-refractivity contribution >= 4 is 11.0 Å². The maximum atomic E-state index is 11.3. The Morgan fingerprint density at radius 3 is 3.08 bits per heavy atom. The highest BCUT2D eigenvalue weighted by molar-refractivity contribution is 5.71. The van der Waals surface area contributed by atoms with Crippen LogP contribution in [-0.2, 0) is 7.05 Å². The zero-order valence-corrected chi connectivity index (χ0v) is 6.98. The quantitative estimate of drug-likeness (QED) is 0.419. The van der Waals surface area contributed by atoms with Gasteiger partial charge in [-0.05, 0) is 18.6 Å². The molecule has 0 N–H and O–H groups in total. The summed E-state index contributed by atoms with van der Waals surface area (Å²) in [6, 6.07) is 1.94. The van der Waals surface area contributed by atoms with E-state index in [1.54, 1.807) is 11.7 Å². The summed E-state index contributed by atoms with van der Waals surface area (Å²) in [5, 5.41) is 16.2. The molecular weight excluding hydrogens is 154 g/mol. The molecular formula is C8H9N3O. The van der Waals surface area contributed by atoms with E-state index in [-0.39, 0.29) is 0 Å². The molecule has 2 aromatic heterocycles. The summed E-state index contributed by atoms with van der Waals surface area (Å²) in [7, 11) is 1.80. The summed E-state index contributed by atoms with van der Waals surface area (Å²) in [5.41, 5.74) is 1.42. The fraction of sp³-hybridized carbons (Fsp3) is 0.250. The van der Waals surface area contributed by atoms with Crippen LogP contribution in [0.15, 0.2) is 18.5 Å². The van der Waals surface area contributed by atoms with Crippen LogP contribution in [0.3, 0.4) is 0 Å². The van der Waals surface area contributed by atoms with Crippen LogP contribution in [0.1, 0.15) is 5.56 Å². The van der Waals surface area contributed by atoms with Gasteiger partial charge in [0.05, 0.1) is 29.9 Å². The van der Waals surface area contributed by atoms with Crippen molar-refractivity contribution in [2.75, 3.05) is 0 Å². The zero-order chi connectivity index (χ0) is 8.72. The molecule has 0 bridgehead atoms. The molecule has 0 spiro atoms. The van der Waals surface area contributed by atoms with Gasteiger partial charge in [-0.25, -0.2) is 4.73 Å². The highest BCUT2D eigenvalue weighted by Gasteiger charge is 2.08. The van der Waals surface area contributed by atoms with Crippen molar-refractivity contribution in [3.63, 3.8) is 0 Å². The second kappa shape index (κ2) is 2.20. The Balaban J connectivity index is 2.88. The molecule has 0 saturated heterocycles. The first-order valence-electron chi connectivity index (χ1n) is 3.70. The minimum absolute atomic E-state index is 0.475. The van der Waals surface area contributed by atoms with E-state index in [2.05, 4.69) is 5.10 Å². The first kappa shape index (κ1) is 7.09. The van der Waals surface area contributed by atoms with Gasteiger partial charge in [-0.1, -0.05) is 0 Å². The first-order valence-corrected chi connectivity index (χ1v) is 3.70. The number of hydrogen-bond donors (Lipinski definition) is 0. The average Bonchev–Trinajstić information content (AvgIpc) is 2.29. The molecule has 0 atom stereocenters. The van der Waals surface area contributed by atoms with Crippen LogP contribution in [0.4, 0.5) is 0 Å². The van der Waals surface area contributed by atoms with Crippen LogP contribution < -0.4 is 4.73 Å². The Morgan fingerprint density at radius 1 is 1.58 bits per heavy atom. The number of fused-ring (bicyclic) bond motifs is 1. The zero-order valence-electron chi connectivity index (χ0n) is 6.98. The molecule has 0 aliphatic rings. The van der Waals surface area contributed by atoms with Crippen molar-refractivity contribution in [1.29, 1.82) is 0 Å². The summed E-state index contributed by atoms with van der Waals surface area (Å²) >= 11 is 0. The van der Waals surface area contributed by atoms with E-state index in [9.17, 15) is 5.21 Å². The smallest absolute Gasteiger partial charge is 0.360 e. The molecule has 2 aromatic rings. The molecule has 0 aromatic carbocycles. The van der Waals surface area contributed by atoms with Crippen molar-refractivity contribution in [1.82, 2.24) is 9.78 Å².